The third-order valence-electron chi connectivity index (χ3n) is 5.61. The highest BCUT2D eigenvalue weighted by Gasteiger charge is 2.36. The molecule has 2 aliphatic rings. The number of rotatable bonds is 5. The summed E-state index contributed by atoms with van der Waals surface area (Å²) in [5.41, 5.74) is 7.35. The van der Waals surface area contributed by atoms with Crippen molar-refractivity contribution < 1.29 is 9.53 Å². The second-order valence-electron chi connectivity index (χ2n) is 7.23. The molecule has 2 fully saturated rings. The number of ether oxygens (including phenoxy) is 1. The van der Waals surface area contributed by atoms with Gasteiger partial charge in [-0.2, -0.15) is 0 Å². The molecule has 1 aromatic carbocycles. The SMILES string of the molecule is Cl.NC[C@]1(c2cccc(Cl)c2)CC[C@H](NC(=O)CN2CCOCC2)CC1. The lowest BCUT2D eigenvalue weighted by atomic mass is 9.68. The molecule has 0 aromatic heterocycles. The van der Waals surface area contributed by atoms with Gasteiger partial charge in [-0.15, -0.1) is 12.4 Å². The van der Waals surface area contributed by atoms with Crippen LogP contribution in [0.4, 0.5) is 0 Å². The molecular formula is C19H29Cl2N3O2. The van der Waals surface area contributed by atoms with Crippen LogP contribution in [0.15, 0.2) is 24.3 Å². The number of morpholine rings is 1. The number of nitrogens with two attached hydrogens (primary N) is 1. The minimum Gasteiger partial charge on any atom is -0.379 e. The van der Waals surface area contributed by atoms with Gasteiger partial charge in [0.1, 0.15) is 0 Å². The number of amides is 1. The van der Waals surface area contributed by atoms with Crippen LogP contribution in [0.3, 0.4) is 0 Å². The largest absolute Gasteiger partial charge is 0.379 e. The fraction of sp³-hybridized carbons (Fsp3) is 0.632. The van der Waals surface area contributed by atoms with Crippen molar-refractivity contribution in [3.05, 3.63) is 34.9 Å². The van der Waals surface area contributed by atoms with Gasteiger partial charge < -0.3 is 15.8 Å². The summed E-state index contributed by atoms with van der Waals surface area (Å²) in [6, 6.07) is 8.28. The van der Waals surface area contributed by atoms with Gasteiger partial charge in [-0.05, 0) is 43.4 Å². The lowest BCUT2D eigenvalue weighted by molar-refractivity contribution is -0.124. The van der Waals surface area contributed by atoms with Crippen molar-refractivity contribution in [3.63, 3.8) is 0 Å². The number of carbonyl (C=O) groups excluding carboxylic acids is 1. The molecule has 1 saturated heterocycles. The highest BCUT2D eigenvalue weighted by molar-refractivity contribution is 6.30. The van der Waals surface area contributed by atoms with Crippen LogP contribution in [0.5, 0.6) is 0 Å². The van der Waals surface area contributed by atoms with Gasteiger partial charge in [0.05, 0.1) is 19.8 Å². The summed E-state index contributed by atoms with van der Waals surface area (Å²) in [6.07, 6.45) is 3.87. The molecule has 3 rings (SSSR count). The van der Waals surface area contributed by atoms with Crippen LogP contribution in [0.25, 0.3) is 0 Å². The Hall–Kier alpha value is -0.850. The van der Waals surface area contributed by atoms with Crippen molar-refractivity contribution in [2.75, 3.05) is 39.4 Å². The first-order valence-electron chi connectivity index (χ1n) is 9.17. The van der Waals surface area contributed by atoms with Gasteiger partial charge in [-0.1, -0.05) is 23.7 Å². The zero-order chi connectivity index (χ0) is 17.7. The molecule has 1 aliphatic carbocycles. The summed E-state index contributed by atoms with van der Waals surface area (Å²) in [7, 11) is 0. The van der Waals surface area contributed by atoms with Crippen molar-refractivity contribution in [3.8, 4) is 0 Å². The molecule has 0 unspecified atom stereocenters. The van der Waals surface area contributed by atoms with Crippen molar-refractivity contribution >= 4 is 29.9 Å². The Morgan fingerprint density at radius 1 is 1.31 bits per heavy atom. The van der Waals surface area contributed by atoms with Gasteiger partial charge in [0.2, 0.25) is 5.91 Å². The predicted octanol–water partition coefficient (Wildman–Crippen LogP) is 2.35. The van der Waals surface area contributed by atoms with E-state index < -0.39 is 0 Å². The van der Waals surface area contributed by atoms with E-state index in [1.54, 1.807) is 0 Å². The molecule has 1 amide bonds. The smallest absolute Gasteiger partial charge is 0.234 e. The van der Waals surface area contributed by atoms with Crippen LogP contribution in [-0.4, -0.2) is 56.2 Å². The Morgan fingerprint density at radius 2 is 2.00 bits per heavy atom. The van der Waals surface area contributed by atoms with Crippen molar-refractivity contribution in [1.82, 2.24) is 10.2 Å². The molecule has 1 heterocycles. The van der Waals surface area contributed by atoms with E-state index in [2.05, 4.69) is 16.3 Å². The molecule has 7 heteroatoms. The second-order valence-corrected chi connectivity index (χ2v) is 7.66. The Balaban J connectivity index is 0.00000243. The zero-order valence-corrected chi connectivity index (χ0v) is 16.7. The van der Waals surface area contributed by atoms with Gasteiger partial charge in [-0.25, -0.2) is 0 Å². The summed E-state index contributed by atoms with van der Waals surface area (Å²) in [5.74, 6) is 0.120. The van der Waals surface area contributed by atoms with Gasteiger partial charge in [-0.3, -0.25) is 9.69 Å². The highest BCUT2D eigenvalue weighted by Crippen LogP contribution is 2.39. The molecule has 1 aliphatic heterocycles. The van der Waals surface area contributed by atoms with Gasteiger partial charge in [0.15, 0.2) is 0 Å². The Kier molecular flexibility index (Phi) is 8.17. The van der Waals surface area contributed by atoms with Crippen LogP contribution < -0.4 is 11.1 Å². The molecule has 1 saturated carbocycles. The number of halogens is 2. The molecular weight excluding hydrogens is 373 g/mol. The van der Waals surface area contributed by atoms with Crippen LogP contribution in [0.1, 0.15) is 31.2 Å². The third kappa shape index (κ3) is 5.33. The second kappa shape index (κ2) is 9.90. The number of hydrogen-bond donors (Lipinski definition) is 2. The minimum atomic E-state index is -0.0175. The van der Waals surface area contributed by atoms with Crippen molar-refractivity contribution in [2.24, 2.45) is 5.73 Å². The fourth-order valence-corrected chi connectivity index (χ4v) is 4.17. The lowest BCUT2D eigenvalue weighted by Gasteiger charge is -2.40. The molecule has 0 spiro atoms. The maximum atomic E-state index is 12.3. The molecule has 5 nitrogen and oxygen atoms in total. The third-order valence-corrected chi connectivity index (χ3v) is 5.84. The average Bonchev–Trinajstić information content (AvgIpc) is 2.63. The van der Waals surface area contributed by atoms with E-state index in [-0.39, 0.29) is 29.8 Å². The standard InChI is InChI=1S/C19H28ClN3O2.ClH/c20-16-3-1-2-15(12-16)19(14-21)6-4-17(5-7-19)22-18(24)13-23-8-10-25-11-9-23;/h1-3,12,17H,4-11,13-14,21H2,(H,22,24);1H/t17-,19-;. The maximum Gasteiger partial charge on any atom is 0.234 e. The van der Waals surface area contributed by atoms with Gasteiger partial charge in [0.25, 0.3) is 0 Å². The van der Waals surface area contributed by atoms with E-state index in [1.807, 2.05) is 18.2 Å². The highest BCUT2D eigenvalue weighted by atomic mass is 35.5. The molecule has 3 N–H and O–H groups in total. The van der Waals surface area contributed by atoms with E-state index in [4.69, 9.17) is 22.1 Å². The van der Waals surface area contributed by atoms with Crippen LogP contribution in [-0.2, 0) is 14.9 Å². The van der Waals surface area contributed by atoms with Crippen molar-refractivity contribution in [1.29, 1.82) is 0 Å². The average molecular weight is 402 g/mol. The Labute approximate surface area is 167 Å². The normalized spacial score (nSPS) is 26.8. The molecule has 1 aromatic rings. The molecule has 146 valence electrons. The number of nitrogens with zero attached hydrogens (tertiary/aromatic N) is 1. The van der Waals surface area contributed by atoms with E-state index in [0.717, 1.165) is 57.0 Å². The van der Waals surface area contributed by atoms with E-state index in [0.29, 0.717) is 13.1 Å². The first kappa shape index (κ1) is 21.5. The van der Waals surface area contributed by atoms with E-state index >= 15 is 0 Å². The van der Waals surface area contributed by atoms with Gasteiger partial charge in [0, 0.05) is 36.1 Å². The minimum absolute atomic E-state index is 0. The fourth-order valence-electron chi connectivity index (χ4n) is 3.98. The molecule has 0 radical (unpaired) electrons. The van der Waals surface area contributed by atoms with E-state index in [1.165, 1.54) is 5.56 Å². The number of hydrogen-bond acceptors (Lipinski definition) is 4. The Bertz CT molecular complexity index is 586. The quantitative estimate of drug-likeness (QED) is 0.794. The van der Waals surface area contributed by atoms with Crippen molar-refractivity contribution in [2.45, 2.75) is 37.1 Å². The van der Waals surface area contributed by atoms with E-state index in [9.17, 15) is 4.79 Å². The molecule has 0 bridgehead atoms. The first-order valence-corrected chi connectivity index (χ1v) is 9.55. The van der Waals surface area contributed by atoms with Gasteiger partial charge >= 0.3 is 0 Å². The summed E-state index contributed by atoms with van der Waals surface area (Å²) in [4.78, 5) is 14.4. The van der Waals surface area contributed by atoms with Crippen LogP contribution >= 0.6 is 24.0 Å². The maximum absolute atomic E-state index is 12.3. The summed E-state index contributed by atoms with van der Waals surface area (Å²) in [5, 5.41) is 3.96. The topological polar surface area (TPSA) is 67.6 Å². The molecule has 0 atom stereocenters. The molecule has 26 heavy (non-hydrogen) atoms. The lowest BCUT2D eigenvalue weighted by Crippen LogP contribution is -2.49. The Morgan fingerprint density at radius 3 is 2.62 bits per heavy atom. The summed E-state index contributed by atoms with van der Waals surface area (Å²) in [6.45, 7) is 4.19. The monoisotopic (exact) mass is 401 g/mol. The van der Waals surface area contributed by atoms with Crippen LogP contribution in [0.2, 0.25) is 5.02 Å². The number of nitrogens with one attached hydrogen (secondary N) is 1. The zero-order valence-electron chi connectivity index (χ0n) is 15.1. The summed E-state index contributed by atoms with van der Waals surface area (Å²) >= 11 is 6.16. The number of carbonyl (C=O) groups is 1. The van der Waals surface area contributed by atoms with Crippen LogP contribution in [0, 0.1) is 0 Å². The number of benzene rings is 1. The predicted molar refractivity (Wildman–Crippen MR) is 107 cm³/mol. The summed E-state index contributed by atoms with van der Waals surface area (Å²) < 4.78 is 5.32. The first-order chi connectivity index (χ1) is 12.1.